The average Bonchev–Trinajstić information content (AvgIpc) is 3.23. The molecule has 170 valence electrons. The van der Waals surface area contributed by atoms with E-state index in [-0.39, 0.29) is 17.3 Å². The second-order valence-corrected chi connectivity index (χ2v) is 9.03. The van der Waals surface area contributed by atoms with Gasteiger partial charge in [-0.15, -0.1) is 0 Å². The number of halogens is 1. The first-order valence-corrected chi connectivity index (χ1v) is 11.7. The number of ether oxygens (including phenoxy) is 2. The van der Waals surface area contributed by atoms with Gasteiger partial charge in [-0.05, 0) is 36.0 Å². The van der Waals surface area contributed by atoms with Crippen LogP contribution in [0.4, 0.5) is 0 Å². The third-order valence-corrected chi connectivity index (χ3v) is 6.34. The predicted molar refractivity (Wildman–Crippen MR) is 133 cm³/mol. The molecule has 0 fully saturated rings. The summed E-state index contributed by atoms with van der Waals surface area (Å²) in [6.07, 6.45) is 2.28. The van der Waals surface area contributed by atoms with Crippen molar-refractivity contribution in [3.63, 3.8) is 0 Å². The maximum Gasteiger partial charge on any atom is 0.283 e. The van der Waals surface area contributed by atoms with Gasteiger partial charge in [0.15, 0.2) is 5.84 Å². The van der Waals surface area contributed by atoms with Crippen LogP contribution in [0.1, 0.15) is 25.8 Å². The number of carbonyl (C=O) groups excluding carboxylic acids is 1. The lowest BCUT2D eigenvalue weighted by Crippen LogP contribution is -2.35. The highest BCUT2D eigenvalue weighted by Gasteiger charge is 2.36. The molecule has 0 saturated carbocycles. The van der Waals surface area contributed by atoms with Crippen LogP contribution in [0.25, 0.3) is 6.08 Å². The van der Waals surface area contributed by atoms with E-state index in [1.165, 1.54) is 16.8 Å². The minimum atomic E-state index is -0.457. The number of nitrogens with one attached hydrogen (secondary N) is 1. The van der Waals surface area contributed by atoms with Gasteiger partial charge in [-0.3, -0.25) is 10.2 Å². The summed E-state index contributed by atoms with van der Waals surface area (Å²) in [5.74, 6) is 0.995. The number of hydrogen-bond donors (Lipinski definition) is 1. The summed E-state index contributed by atoms with van der Waals surface area (Å²) in [5.41, 5.74) is 0.863. The lowest BCUT2D eigenvalue weighted by atomic mass is 10.1. The van der Waals surface area contributed by atoms with Crippen LogP contribution in [-0.2, 0) is 4.79 Å². The van der Waals surface area contributed by atoms with Gasteiger partial charge in [0.1, 0.15) is 16.5 Å². The largest absolute Gasteiger partial charge is 0.493 e. The van der Waals surface area contributed by atoms with Crippen LogP contribution >= 0.6 is 23.4 Å². The lowest BCUT2D eigenvalue weighted by molar-refractivity contribution is -0.114. The number of para-hydroxylation sites is 2. The predicted octanol–water partition coefficient (Wildman–Crippen LogP) is 5.46. The highest BCUT2D eigenvalue weighted by molar-refractivity contribution is 8.27. The van der Waals surface area contributed by atoms with Crippen molar-refractivity contribution in [3.8, 4) is 11.5 Å². The summed E-state index contributed by atoms with van der Waals surface area (Å²) in [7, 11) is 0. The zero-order valence-electron chi connectivity index (χ0n) is 18.2. The highest BCUT2D eigenvalue weighted by atomic mass is 35.5. The normalized spacial score (nSPS) is 16.7. The molecule has 0 saturated heterocycles. The number of amidine groups is 2. The number of rotatable bonds is 8. The molecule has 9 heteroatoms. The number of aliphatic imine (C=N–C) groups is 1. The van der Waals surface area contributed by atoms with E-state index in [9.17, 15) is 4.79 Å². The molecule has 33 heavy (non-hydrogen) atoms. The molecule has 4 rings (SSSR count). The minimum absolute atomic E-state index is 0.0103. The zero-order valence-corrected chi connectivity index (χ0v) is 19.8. The number of hydrogen-bond acceptors (Lipinski definition) is 6. The number of nitrogens with zero attached hydrogens (tertiary/aromatic N) is 3. The lowest BCUT2D eigenvalue weighted by Gasteiger charge is -2.20. The number of amides is 1. The van der Waals surface area contributed by atoms with E-state index in [2.05, 4.69) is 10.1 Å². The van der Waals surface area contributed by atoms with Crippen LogP contribution in [0.5, 0.6) is 11.5 Å². The molecule has 2 aliphatic heterocycles. The Labute approximate surface area is 201 Å². The van der Waals surface area contributed by atoms with E-state index < -0.39 is 5.91 Å². The maximum absolute atomic E-state index is 12.6. The van der Waals surface area contributed by atoms with E-state index in [0.717, 1.165) is 5.04 Å². The van der Waals surface area contributed by atoms with Crippen LogP contribution in [0.15, 0.2) is 64.2 Å². The minimum Gasteiger partial charge on any atom is -0.493 e. The Hall–Kier alpha value is -3.10. The third-order valence-electron chi connectivity index (χ3n) is 4.82. The Balaban J connectivity index is 1.42. The van der Waals surface area contributed by atoms with Crippen LogP contribution in [0.3, 0.4) is 0 Å². The topological polar surface area (TPSA) is 87.3 Å². The molecule has 2 aromatic rings. The van der Waals surface area contributed by atoms with Gasteiger partial charge in [0, 0.05) is 17.9 Å². The van der Waals surface area contributed by atoms with Crippen molar-refractivity contribution in [2.45, 2.75) is 20.3 Å². The molecule has 7 nitrogen and oxygen atoms in total. The molecule has 0 unspecified atom stereocenters. The van der Waals surface area contributed by atoms with Crippen molar-refractivity contribution in [2.24, 2.45) is 16.0 Å². The Morgan fingerprint density at radius 3 is 2.48 bits per heavy atom. The van der Waals surface area contributed by atoms with Gasteiger partial charge in [-0.25, -0.2) is 0 Å². The molecule has 0 radical (unpaired) electrons. The van der Waals surface area contributed by atoms with E-state index in [1.807, 2.05) is 56.3 Å². The van der Waals surface area contributed by atoms with Crippen LogP contribution in [0, 0.1) is 11.3 Å². The molecule has 0 aromatic heterocycles. The number of benzene rings is 2. The smallest absolute Gasteiger partial charge is 0.283 e. The van der Waals surface area contributed by atoms with Crippen molar-refractivity contribution in [2.75, 3.05) is 13.2 Å². The van der Waals surface area contributed by atoms with E-state index in [1.54, 1.807) is 12.1 Å². The summed E-state index contributed by atoms with van der Waals surface area (Å²) >= 11 is 7.43. The van der Waals surface area contributed by atoms with Gasteiger partial charge in [-0.2, -0.15) is 15.1 Å². The number of carbonyl (C=O) groups is 1. The van der Waals surface area contributed by atoms with Gasteiger partial charge in [0.2, 0.25) is 5.17 Å². The quantitative estimate of drug-likeness (QED) is 0.398. The Kier molecular flexibility index (Phi) is 7.15. The van der Waals surface area contributed by atoms with Crippen LogP contribution in [-0.4, -0.2) is 40.2 Å². The Morgan fingerprint density at radius 1 is 1.09 bits per heavy atom. The maximum atomic E-state index is 12.6. The van der Waals surface area contributed by atoms with Gasteiger partial charge in [0.25, 0.3) is 5.91 Å². The summed E-state index contributed by atoms with van der Waals surface area (Å²) in [5, 5.41) is 16.2. The molecule has 1 amide bonds. The van der Waals surface area contributed by atoms with Crippen molar-refractivity contribution in [3.05, 3.63) is 64.7 Å². The number of thioether (sulfide) groups is 1. The summed E-state index contributed by atoms with van der Waals surface area (Å²) in [6, 6.07) is 14.7. The zero-order chi connectivity index (χ0) is 23.4. The molecule has 0 aliphatic carbocycles. The van der Waals surface area contributed by atoms with E-state index in [0.29, 0.717) is 46.9 Å². The SMILES string of the molecule is CC(C)C1=NN2C(=N)C(=Cc3ccccc3OCCCOc3ccccc3Cl)C(=O)N=C2S1. The third kappa shape index (κ3) is 5.29. The number of hydrazone groups is 1. The fraction of sp³-hybridized carbons (Fsp3) is 0.250. The molecule has 2 aliphatic rings. The highest BCUT2D eigenvalue weighted by Crippen LogP contribution is 2.31. The molecule has 2 heterocycles. The molecule has 0 atom stereocenters. The fourth-order valence-electron chi connectivity index (χ4n) is 3.11. The summed E-state index contributed by atoms with van der Waals surface area (Å²) < 4.78 is 11.6. The first-order chi connectivity index (χ1) is 15.9. The summed E-state index contributed by atoms with van der Waals surface area (Å²) in [6.45, 7) is 4.90. The monoisotopic (exact) mass is 482 g/mol. The first kappa shape index (κ1) is 23.1. The molecular weight excluding hydrogens is 460 g/mol. The van der Waals surface area contributed by atoms with E-state index in [4.69, 9.17) is 26.5 Å². The Bertz CT molecular complexity index is 1180. The number of fused-ring (bicyclic) bond motifs is 1. The van der Waals surface area contributed by atoms with Crippen molar-refractivity contribution >= 4 is 51.4 Å². The average molecular weight is 483 g/mol. The second kappa shape index (κ2) is 10.2. The van der Waals surface area contributed by atoms with Gasteiger partial charge in [-0.1, -0.05) is 55.8 Å². The second-order valence-electron chi connectivity index (χ2n) is 7.63. The molecule has 0 bridgehead atoms. The van der Waals surface area contributed by atoms with Crippen LogP contribution < -0.4 is 9.47 Å². The van der Waals surface area contributed by atoms with Gasteiger partial charge in [0.05, 0.1) is 23.8 Å². The van der Waals surface area contributed by atoms with Gasteiger partial charge >= 0.3 is 0 Å². The molecule has 1 N–H and O–H groups in total. The van der Waals surface area contributed by atoms with Crippen molar-refractivity contribution < 1.29 is 14.3 Å². The van der Waals surface area contributed by atoms with E-state index >= 15 is 0 Å². The molecular formula is C24H23ClN4O3S. The Morgan fingerprint density at radius 2 is 1.76 bits per heavy atom. The molecule has 2 aromatic carbocycles. The standard InChI is InChI=1S/C24H23ClN4O3S/c1-15(2)23-28-29-21(26)17(22(30)27-24(29)33-23)14-16-8-3-5-10-19(16)31-12-7-13-32-20-11-6-4-9-18(20)25/h3-6,8-11,14-15,26H,7,12-13H2,1-2H3. The van der Waals surface area contributed by atoms with Crippen molar-refractivity contribution in [1.82, 2.24) is 5.01 Å². The van der Waals surface area contributed by atoms with Crippen molar-refractivity contribution in [1.29, 1.82) is 5.41 Å². The molecule has 0 spiro atoms. The summed E-state index contributed by atoms with van der Waals surface area (Å²) in [4.78, 5) is 16.8. The van der Waals surface area contributed by atoms with Gasteiger partial charge < -0.3 is 9.47 Å². The fourth-order valence-corrected chi connectivity index (χ4v) is 4.19. The van der Waals surface area contributed by atoms with Crippen LogP contribution in [0.2, 0.25) is 5.02 Å². The first-order valence-electron chi connectivity index (χ1n) is 10.5.